The molecule has 2 aromatic carbocycles. The summed E-state index contributed by atoms with van der Waals surface area (Å²) in [6.07, 6.45) is 0. The van der Waals surface area contributed by atoms with Crippen LogP contribution in [0.1, 0.15) is 27.7 Å². The van der Waals surface area contributed by atoms with Gasteiger partial charge in [-0.05, 0) is 76.2 Å². The van der Waals surface area contributed by atoms with Crippen molar-refractivity contribution in [2.75, 3.05) is 36.0 Å². The molecule has 0 aliphatic rings. The van der Waals surface area contributed by atoms with Gasteiger partial charge in [0.2, 0.25) is 0 Å². The molecule has 0 saturated heterocycles. The summed E-state index contributed by atoms with van der Waals surface area (Å²) in [7, 11) is 0. The Morgan fingerprint density at radius 1 is 0.511 bits per heavy atom. The quantitative estimate of drug-likeness (QED) is 0.148. The highest BCUT2D eigenvalue weighted by Crippen LogP contribution is 2.39. The van der Waals surface area contributed by atoms with Crippen molar-refractivity contribution in [3.05, 3.63) is 93.6 Å². The first-order valence-corrected chi connectivity index (χ1v) is 16.0. The van der Waals surface area contributed by atoms with Crippen molar-refractivity contribution in [1.29, 1.82) is 0 Å². The predicted octanol–water partition coefficient (Wildman–Crippen LogP) is 8.99. The summed E-state index contributed by atoms with van der Waals surface area (Å²) in [5, 5.41) is 1.67. The minimum atomic E-state index is -0.475. The predicted molar refractivity (Wildman–Crippen MR) is 182 cm³/mol. The standard InChI is InChI=1S/C36H32N2O6S/c1-5-37(6-2)23-11-9-21-15-25(35(39)43-27(21)17-23)29-19-30-31(41-29)20-32(42-30)34-14-13-33(45-34)26-16-22-10-12-24(38(7-3)8-4)18-28(22)44-36(26)40/h9-20H,5-8H2,1-4H3. The number of benzene rings is 2. The maximum atomic E-state index is 13.0. The molecular formula is C36H32N2O6S. The molecule has 0 radical (unpaired) electrons. The van der Waals surface area contributed by atoms with Crippen molar-refractivity contribution in [2.24, 2.45) is 0 Å². The number of nitrogens with zero attached hydrogens (tertiary/aromatic N) is 2. The van der Waals surface area contributed by atoms with Gasteiger partial charge in [-0.3, -0.25) is 0 Å². The van der Waals surface area contributed by atoms with Gasteiger partial charge in [0.25, 0.3) is 0 Å². The van der Waals surface area contributed by atoms with E-state index >= 15 is 0 Å². The minimum Gasteiger partial charge on any atom is -0.452 e. The molecular weight excluding hydrogens is 588 g/mol. The van der Waals surface area contributed by atoms with Crippen molar-refractivity contribution in [3.63, 3.8) is 0 Å². The van der Waals surface area contributed by atoms with Gasteiger partial charge >= 0.3 is 11.3 Å². The highest BCUT2D eigenvalue weighted by molar-refractivity contribution is 7.18. The molecule has 0 unspecified atom stereocenters. The fourth-order valence-corrected chi connectivity index (χ4v) is 6.78. The van der Waals surface area contributed by atoms with Crippen LogP contribution in [-0.4, -0.2) is 26.2 Å². The van der Waals surface area contributed by atoms with E-state index in [-0.39, 0.29) is 5.63 Å². The highest BCUT2D eigenvalue weighted by atomic mass is 32.1. The molecule has 0 bridgehead atoms. The zero-order valence-electron chi connectivity index (χ0n) is 25.5. The topological polar surface area (TPSA) is 93.2 Å². The molecule has 5 heterocycles. The molecule has 5 aromatic heterocycles. The second-order valence-corrected chi connectivity index (χ2v) is 11.9. The van der Waals surface area contributed by atoms with Crippen LogP contribution in [0.2, 0.25) is 0 Å². The minimum absolute atomic E-state index is 0.330. The summed E-state index contributed by atoms with van der Waals surface area (Å²) in [6.45, 7) is 11.9. The lowest BCUT2D eigenvalue weighted by atomic mass is 10.1. The van der Waals surface area contributed by atoms with Crippen LogP contribution >= 0.6 is 11.3 Å². The number of hydrogen-bond acceptors (Lipinski definition) is 9. The van der Waals surface area contributed by atoms with Gasteiger partial charge < -0.3 is 27.5 Å². The highest BCUT2D eigenvalue weighted by Gasteiger charge is 2.19. The summed E-state index contributed by atoms with van der Waals surface area (Å²) in [6, 6.07) is 22.8. The van der Waals surface area contributed by atoms with E-state index in [1.807, 2.05) is 48.5 Å². The van der Waals surface area contributed by atoms with Crippen LogP contribution in [0.5, 0.6) is 0 Å². The van der Waals surface area contributed by atoms with Crippen molar-refractivity contribution < 1.29 is 17.7 Å². The van der Waals surface area contributed by atoms with Gasteiger partial charge in [0, 0.05) is 77.5 Å². The Morgan fingerprint density at radius 2 is 1.00 bits per heavy atom. The maximum Gasteiger partial charge on any atom is 0.347 e. The van der Waals surface area contributed by atoms with Crippen LogP contribution in [0, 0.1) is 0 Å². The molecule has 0 aliphatic carbocycles. The number of anilines is 2. The van der Waals surface area contributed by atoms with Crippen LogP contribution in [0.3, 0.4) is 0 Å². The lowest BCUT2D eigenvalue weighted by Gasteiger charge is -2.20. The summed E-state index contributed by atoms with van der Waals surface area (Å²) in [5.41, 5.74) is 4.13. The molecule has 9 heteroatoms. The molecule has 7 rings (SSSR count). The zero-order valence-corrected chi connectivity index (χ0v) is 26.3. The number of rotatable bonds is 9. The molecule has 0 spiro atoms. The second-order valence-electron chi connectivity index (χ2n) is 10.8. The van der Waals surface area contributed by atoms with E-state index in [0.29, 0.717) is 45.0 Å². The van der Waals surface area contributed by atoms with Gasteiger partial charge in [0.05, 0.1) is 10.4 Å². The Hall–Kier alpha value is -5.02. The lowest BCUT2D eigenvalue weighted by Crippen LogP contribution is -2.21. The molecule has 0 N–H and O–H groups in total. The fourth-order valence-electron chi connectivity index (χ4n) is 5.82. The van der Waals surface area contributed by atoms with Gasteiger partial charge in [-0.2, -0.15) is 0 Å². The van der Waals surface area contributed by atoms with E-state index in [0.717, 1.165) is 58.1 Å². The molecule has 7 aromatic rings. The van der Waals surface area contributed by atoms with Gasteiger partial charge in [0.1, 0.15) is 28.2 Å². The summed E-state index contributed by atoms with van der Waals surface area (Å²) in [4.78, 5) is 32.0. The molecule has 0 saturated carbocycles. The van der Waals surface area contributed by atoms with Crippen LogP contribution in [0.25, 0.3) is 65.5 Å². The summed E-state index contributed by atoms with van der Waals surface area (Å²) in [5.74, 6) is 0.985. The average molecular weight is 621 g/mol. The number of furan rings is 2. The summed E-state index contributed by atoms with van der Waals surface area (Å²) < 4.78 is 23.6. The van der Waals surface area contributed by atoms with Crippen LogP contribution in [0.15, 0.2) is 100 Å². The van der Waals surface area contributed by atoms with E-state index in [4.69, 9.17) is 17.7 Å². The Balaban J connectivity index is 1.17. The third-order valence-electron chi connectivity index (χ3n) is 8.28. The van der Waals surface area contributed by atoms with Gasteiger partial charge in [0.15, 0.2) is 11.2 Å². The normalized spacial score (nSPS) is 11.6. The van der Waals surface area contributed by atoms with E-state index in [1.165, 1.54) is 11.3 Å². The molecule has 228 valence electrons. The molecule has 45 heavy (non-hydrogen) atoms. The van der Waals surface area contributed by atoms with Gasteiger partial charge in [-0.25, -0.2) is 9.59 Å². The Bertz CT molecular complexity index is 2260. The van der Waals surface area contributed by atoms with Crippen LogP contribution < -0.4 is 21.1 Å². The average Bonchev–Trinajstić information content (AvgIpc) is 3.77. The van der Waals surface area contributed by atoms with Gasteiger partial charge in [-0.1, -0.05) is 0 Å². The summed E-state index contributed by atoms with van der Waals surface area (Å²) >= 11 is 1.43. The van der Waals surface area contributed by atoms with Crippen molar-refractivity contribution in [1.82, 2.24) is 0 Å². The van der Waals surface area contributed by atoms with Crippen molar-refractivity contribution >= 4 is 55.8 Å². The van der Waals surface area contributed by atoms with Crippen molar-refractivity contribution in [3.8, 4) is 32.4 Å². The number of fused-ring (bicyclic) bond motifs is 3. The second kappa shape index (κ2) is 11.5. The largest absolute Gasteiger partial charge is 0.452 e. The third kappa shape index (κ3) is 5.13. The number of thiophene rings is 1. The van der Waals surface area contributed by atoms with E-state index in [1.54, 1.807) is 18.2 Å². The molecule has 8 nitrogen and oxygen atoms in total. The van der Waals surface area contributed by atoms with Crippen molar-refractivity contribution in [2.45, 2.75) is 27.7 Å². The Kier molecular flexibility index (Phi) is 7.33. The zero-order chi connectivity index (χ0) is 31.2. The lowest BCUT2D eigenvalue weighted by molar-refractivity contribution is 0.555. The molecule has 0 amide bonds. The monoisotopic (exact) mass is 620 g/mol. The van der Waals surface area contributed by atoms with Gasteiger partial charge in [-0.15, -0.1) is 11.3 Å². The fraction of sp³-hybridized carbons (Fsp3) is 0.222. The molecule has 0 fully saturated rings. The molecule has 0 atom stereocenters. The first-order valence-electron chi connectivity index (χ1n) is 15.2. The Labute approximate surface area is 262 Å². The smallest absolute Gasteiger partial charge is 0.347 e. The van der Waals surface area contributed by atoms with E-state index in [9.17, 15) is 9.59 Å². The van der Waals surface area contributed by atoms with E-state index < -0.39 is 5.63 Å². The van der Waals surface area contributed by atoms with Crippen LogP contribution in [-0.2, 0) is 0 Å². The Morgan fingerprint density at radius 3 is 1.58 bits per heavy atom. The first kappa shape index (κ1) is 28.7. The third-order valence-corrected chi connectivity index (χ3v) is 9.42. The number of hydrogen-bond donors (Lipinski definition) is 0. The SMILES string of the molecule is CCN(CC)c1ccc2cc(-c3cc4oc(-c5ccc(-c6cc7ccc(N(CC)CC)cc7oc6=O)s5)cc4o3)c(=O)oc2c1. The first-order chi connectivity index (χ1) is 21.9. The maximum absolute atomic E-state index is 13.0. The van der Waals surface area contributed by atoms with Crippen LogP contribution in [0.4, 0.5) is 11.4 Å². The molecule has 0 aliphatic heterocycles. The van der Waals surface area contributed by atoms with E-state index in [2.05, 4.69) is 43.6 Å².